The van der Waals surface area contributed by atoms with Crippen molar-refractivity contribution in [1.29, 1.82) is 0 Å². The number of hydrogen-bond acceptors (Lipinski definition) is 2. The van der Waals surface area contributed by atoms with Crippen molar-refractivity contribution in [1.82, 2.24) is 4.98 Å². The van der Waals surface area contributed by atoms with E-state index in [1.54, 1.807) is 6.20 Å². The molecule has 0 fully saturated rings. The van der Waals surface area contributed by atoms with E-state index in [4.69, 9.17) is 0 Å². The maximum absolute atomic E-state index is 11.3. The fraction of sp³-hybridized carbons (Fsp3) is 0.400. The molecular weight excluding hydrogens is 150 g/mol. The number of ketones is 1. The van der Waals surface area contributed by atoms with Crippen molar-refractivity contribution in [3.05, 3.63) is 29.6 Å². The molecule has 0 aliphatic carbocycles. The molecule has 0 spiro atoms. The van der Waals surface area contributed by atoms with E-state index in [1.807, 2.05) is 26.0 Å². The smallest absolute Gasteiger partial charge is 0.181 e. The summed E-state index contributed by atoms with van der Waals surface area (Å²) in [6.45, 7) is 3.89. The Morgan fingerprint density at radius 3 is 2.83 bits per heavy atom. The number of carbonyl (C=O) groups is 1. The molecule has 1 heterocycles. The third-order valence-electron chi connectivity index (χ3n) is 1.86. The lowest BCUT2D eigenvalue weighted by Gasteiger charge is -2.02. The van der Waals surface area contributed by atoms with Crippen molar-refractivity contribution in [3.8, 4) is 0 Å². The molecule has 2 heteroatoms. The molecule has 1 rings (SSSR count). The standard InChI is InChI=1S/C10H13NO/c1-3-8-6-5-7-11-10(8)9(12)4-2/h5-7H,3-4H2,1-2H3. The lowest BCUT2D eigenvalue weighted by atomic mass is 10.1. The summed E-state index contributed by atoms with van der Waals surface area (Å²) in [5.74, 6) is 0.132. The minimum Gasteiger partial charge on any atom is -0.292 e. The Labute approximate surface area is 72.6 Å². The normalized spacial score (nSPS) is 9.83. The molecule has 1 aromatic heterocycles. The quantitative estimate of drug-likeness (QED) is 0.639. The van der Waals surface area contributed by atoms with Crippen LogP contribution in [0.3, 0.4) is 0 Å². The first-order valence-electron chi connectivity index (χ1n) is 4.26. The Morgan fingerprint density at radius 2 is 2.25 bits per heavy atom. The van der Waals surface area contributed by atoms with Crippen molar-refractivity contribution in [2.45, 2.75) is 26.7 Å². The summed E-state index contributed by atoms with van der Waals surface area (Å²) in [7, 11) is 0. The van der Waals surface area contributed by atoms with Gasteiger partial charge in [0.05, 0.1) is 0 Å². The lowest BCUT2D eigenvalue weighted by molar-refractivity contribution is 0.0982. The van der Waals surface area contributed by atoms with E-state index in [9.17, 15) is 4.79 Å². The van der Waals surface area contributed by atoms with Gasteiger partial charge >= 0.3 is 0 Å². The van der Waals surface area contributed by atoms with Crippen molar-refractivity contribution in [3.63, 3.8) is 0 Å². The van der Waals surface area contributed by atoms with Gasteiger partial charge in [-0.1, -0.05) is 19.9 Å². The van der Waals surface area contributed by atoms with E-state index in [1.165, 1.54) is 0 Å². The SMILES string of the molecule is CCC(=O)c1ncccc1CC. The van der Waals surface area contributed by atoms with E-state index in [-0.39, 0.29) is 5.78 Å². The number of hydrogen-bond donors (Lipinski definition) is 0. The maximum atomic E-state index is 11.3. The Morgan fingerprint density at radius 1 is 1.50 bits per heavy atom. The molecule has 2 nitrogen and oxygen atoms in total. The van der Waals surface area contributed by atoms with Crippen LogP contribution in [-0.2, 0) is 6.42 Å². The summed E-state index contributed by atoms with van der Waals surface area (Å²) in [4.78, 5) is 15.4. The molecule has 0 aromatic carbocycles. The fourth-order valence-electron chi connectivity index (χ4n) is 1.14. The fourth-order valence-corrected chi connectivity index (χ4v) is 1.14. The second kappa shape index (κ2) is 4.00. The van der Waals surface area contributed by atoms with Gasteiger partial charge in [-0.05, 0) is 18.1 Å². The summed E-state index contributed by atoms with van der Waals surface area (Å²) in [6, 6.07) is 3.82. The number of pyridine rings is 1. The van der Waals surface area contributed by atoms with Gasteiger partial charge < -0.3 is 0 Å². The molecule has 0 atom stereocenters. The van der Waals surface area contributed by atoms with Crippen LogP contribution in [0.5, 0.6) is 0 Å². The second-order valence-electron chi connectivity index (χ2n) is 2.64. The Hall–Kier alpha value is -1.18. The van der Waals surface area contributed by atoms with Crippen LogP contribution in [-0.4, -0.2) is 10.8 Å². The highest BCUT2D eigenvalue weighted by atomic mass is 16.1. The monoisotopic (exact) mass is 163 g/mol. The van der Waals surface area contributed by atoms with Gasteiger partial charge in [-0.2, -0.15) is 0 Å². The van der Waals surface area contributed by atoms with Crippen molar-refractivity contribution in [2.75, 3.05) is 0 Å². The van der Waals surface area contributed by atoms with Gasteiger partial charge in [-0.15, -0.1) is 0 Å². The second-order valence-corrected chi connectivity index (χ2v) is 2.64. The van der Waals surface area contributed by atoms with E-state index in [0.29, 0.717) is 12.1 Å². The van der Waals surface area contributed by atoms with Gasteiger partial charge in [0.15, 0.2) is 5.78 Å². The van der Waals surface area contributed by atoms with E-state index >= 15 is 0 Å². The number of aromatic nitrogens is 1. The zero-order valence-corrected chi connectivity index (χ0v) is 7.50. The molecular formula is C10H13NO. The minimum atomic E-state index is 0.132. The number of carbonyl (C=O) groups excluding carboxylic acids is 1. The average Bonchev–Trinajstić information content (AvgIpc) is 2.16. The maximum Gasteiger partial charge on any atom is 0.181 e. The molecule has 12 heavy (non-hydrogen) atoms. The Kier molecular flexibility index (Phi) is 2.97. The predicted molar refractivity (Wildman–Crippen MR) is 48.2 cm³/mol. The van der Waals surface area contributed by atoms with Crippen LogP contribution in [0, 0.1) is 0 Å². The van der Waals surface area contributed by atoms with Crippen molar-refractivity contribution >= 4 is 5.78 Å². The molecule has 0 amide bonds. The van der Waals surface area contributed by atoms with Gasteiger partial charge in [0.25, 0.3) is 0 Å². The third kappa shape index (κ3) is 1.70. The van der Waals surface area contributed by atoms with E-state index in [0.717, 1.165) is 12.0 Å². The molecule has 0 radical (unpaired) electrons. The highest BCUT2D eigenvalue weighted by molar-refractivity contribution is 5.95. The van der Waals surface area contributed by atoms with E-state index < -0.39 is 0 Å². The molecule has 0 aliphatic rings. The van der Waals surface area contributed by atoms with Gasteiger partial charge in [0.1, 0.15) is 5.69 Å². The summed E-state index contributed by atoms with van der Waals surface area (Å²) in [5, 5.41) is 0. The van der Waals surface area contributed by atoms with Gasteiger partial charge in [-0.3, -0.25) is 9.78 Å². The minimum absolute atomic E-state index is 0.132. The zero-order valence-electron chi connectivity index (χ0n) is 7.50. The van der Waals surface area contributed by atoms with Gasteiger partial charge in [-0.25, -0.2) is 0 Å². The summed E-state index contributed by atoms with van der Waals surface area (Å²) >= 11 is 0. The van der Waals surface area contributed by atoms with Crippen LogP contribution in [0.15, 0.2) is 18.3 Å². The summed E-state index contributed by atoms with van der Waals surface area (Å²) < 4.78 is 0. The van der Waals surface area contributed by atoms with Gasteiger partial charge in [0, 0.05) is 12.6 Å². The highest BCUT2D eigenvalue weighted by Gasteiger charge is 2.07. The number of rotatable bonds is 3. The number of nitrogens with zero attached hydrogens (tertiary/aromatic N) is 1. The molecule has 0 saturated heterocycles. The first kappa shape index (κ1) is 8.91. The zero-order chi connectivity index (χ0) is 8.97. The third-order valence-corrected chi connectivity index (χ3v) is 1.86. The van der Waals surface area contributed by atoms with Crippen LogP contribution in [0.2, 0.25) is 0 Å². The average molecular weight is 163 g/mol. The Balaban J connectivity index is 3.04. The summed E-state index contributed by atoms with van der Waals surface area (Å²) in [6.07, 6.45) is 3.07. The molecule has 1 aromatic rings. The van der Waals surface area contributed by atoms with Crippen molar-refractivity contribution in [2.24, 2.45) is 0 Å². The van der Waals surface area contributed by atoms with Crippen LogP contribution in [0.4, 0.5) is 0 Å². The summed E-state index contributed by atoms with van der Waals surface area (Å²) in [5.41, 5.74) is 1.69. The van der Waals surface area contributed by atoms with E-state index in [2.05, 4.69) is 4.98 Å². The lowest BCUT2D eigenvalue weighted by Crippen LogP contribution is -2.04. The molecule has 0 aliphatic heterocycles. The molecule has 0 saturated carbocycles. The molecule has 0 bridgehead atoms. The number of Topliss-reactive ketones (excluding diaryl/α,β-unsaturated/α-hetero) is 1. The molecule has 0 N–H and O–H groups in total. The number of aryl methyl sites for hydroxylation is 1. The molecule has 0 unspecified atom stereocenters. The largest absolute Gasteiger partial charge is 0.292 e. The van der Waals surface area contributed by atoms with Gasteiger partial charge in [0.2, 0.25) is 0 Å². The first-order valence-corrected chi connectivity index (χ1v) is 4.26. The topological polar surface area (TPSA) is 30.0 Å². The highest BCUT2D eigenvalue weighted by Crippen LogP contribution is 2.08. The Bertz CT molecular complexity index is 281. The van der Waals surface area contributed by atoms with Crippen LogP contribution in [0.1, 0.15) is 36.3 Å². The van der Waals surface area contributed by atoms with Crippen LogP contribution < -0.4 is 0 Å². The van der Waals surface area contributed by atoms with Crippen LogP contribution in [0.25, 0.3) is 0 Å². The van der Waals surface area contributed by atoms with Crippen molar-refractivity contribution < 1.29 is 4.79 Å². The van der Waals surface area contributed by atoms with Crippen LogP contribution >= 0.6 is 0 Å². The predicted octanol–water partition coefficient (Wildman–Crippen LogP) is 2.24. The molecule has 64 valence electrons. The first-order chi connectivity index (χ1) is 5.79.